The molecule has 1 aliphatic rings. The summed E-state index contributed by atoms with van der Waals surface area (Å²) in [5.74, 6) is -2.22. The van der Waals surface area contributed by atoms with Crippen LogP contribution in [0, 0.1) is 11.8 Å². The minimum absolute atomic E-state index is 0.0112. The predicted octanol–water partition coefficient (Wildman–Crippen LogP) is 1.56. The minimum Gasteiger partial charge on any atom is -0.330 e. The Hall–Kier alpha value is -0.220. The highest BCUT2D eigenvalue weighted by Crippen LogP contribution is 2.32. The molecule has 0 aromatic heterocycles. The van der Waals surface area contributed by atoms with Crippen LogP contribution in [0.2, 0.25) is 0 Å². The van der Waals surface area contributed by atoms with E-state index in [1.54, 1.807) is 0 Å². The van der Waals surface area contributed by atoms with E-state index in [0.717, 1.165) is 26.4 Å². The van der Waals surface area contributed by atoms with Crippen molar-refractivity contribution in [1.82, 2.24) is 4.90 Å². The molecule has 0 aromatic carbocycles. The summed E-state index contributed by atoms with van der Waals surface area (Å²) in [4.78, 5) is 2.17. The summed E-state index contributed by atoms with van der Waals surface area (Å²) < 4.78 is 25.7. The van der Waals surface area contributed by atoms with Crippen LogP contribution in [0.1, 0.15) is 19.8 Å². The van der Waals surface area contributed by atoms with E-state index in [1.165, 1.54) is 0 Å². The van der Waals surface area contributed by atoms with Gasteiger partial charge in [0.25, 0.3) is 0 Å². The smallest absolute Gasteiger partial charge is 0.245 e. The molecule has 0 amide bonds. The van der Waals surface area contributed by atoms with Crippen molar-refractivity contribution in [3.63, 3.8) is 0 Å². The number of piperidine rings is 1. The van der Waals surface area contributed by atoms with Gasteiger partial charge >= 0.3 is 0 Å². The van der Waals surface area contributed by atoms with E-state index in [1.807, 2.05) is 7.05 Å². The summed E-state index contributed by atoms with van der Waals surface area (Å²) in [5, 5.41) is 0. The molecule has 2 unspecified atom stereocenters. The molecule has 0 saturated carbocycles. The lowest BCUT2D eigenvalue weighted by Crippen LogP contribution is -2.43. The number of nitrogens with two attached hydrogens (primary N) is 1. The van der Waals surface area contributed by atoms with Crippen molar-refractivity contribution in [2.24, 2.45) is 17.6 Å². The number of alkyl halides is 2. The van der Waals surface area contributed by atoms with E-state index >= 15 is 0 Å². The largest absolute Gasteiger partial charge is 0.330 e. The molecule has 14 heavy (non-hydrogen) atoms. The molecule has 0 aromatic rings. The monoisotopic (exact) mass is 206 g/mol. The fourth-order valence-electron chi connectivity index (χ4n) is 2.26. The van der Waals surface area contributed by atoms with Gasteiger partial charge in [-0.05, 0) is 45.3 Å². The second-order valence-electron chi connectivity index (χ2n) is 4.58. The molecule has 0 aliphatic carbocycles. The van der Waals surface area contributed by atoms with Gasteiger partial charge in [0.05, 0.1) is 0 Å². The third-order valence-electron chi connectivity index (χ3n) is 3.02. The van der Waals surface area contributed by atoms with E-state index < -0.39 is 5.92 Å². The molecule has 1 rings (SSSR count). The number of rotatable bonds is 3. The van der Waals surface area contributed by atoms with Crippen molar-refractivity contribution >= 4 is 0 Å². The molecule has 2 nitrogen and oxygen atoms in total. The van der Waals surface area contributed by atoms with Gasteiger partial charge in [0.15, 0.2) is 0 Å². The molecule has 2 atom stereocenters. The summed E-state index contributed by atoms with van der Waals surface area (Å²) >= 11 is 0. The molecule has 1 aliphatic heterocycles. The highest BCUT2D eigenvalue weighted by molar-refractivity contribution is 4.82. The first kappa shape index (κ1) is 11.9. The fraction of sp³-hybridized carbons (Fsp3) is 1.00. The topological polar surface area (TPSA) is 29.3 Å². The van der Waals surface area contributed by atoms with Crippen LogP contribution >= 0.6 is 0 Å². The number of halogens is 2. The molecule has 4 heteroatoms. The highest BCUT2D eigenvalue weighted by Gasteiger charge is 2.33. The van der Waals surface area contributed by atoms with Gasteiger partial charge in [-0.2, -0.15) is 0 Å². The van der Waals surface area contributed by atoms with Gasteiger partial charge in [-0.15, -0.1) is 0 Å². The molecule has 1 heterocycles. The van der Waals surface area contributed by atoms with Gasteiger partial charge < -0.3 is 10.6 Å². The van der Waals surface area contributed by atoms with Crippen LogP contribution in [0.15, 0.2) is 0 Å². The molecule has 0 spiro atoms. The normalized spacial score (nSPS) is 30.6. The number of hydrogen-bond acceptors (Lipinski definition) is 2. The molecular weight excluding hydrogens is 186 g/mol. The quantitative estimate of drug-likeness (QED) is 0.759. The van der Waals surface area contributed by atoms with E-state index in [2.05, 4.69) is 4.90 Å². The number of hydrogen-bond donors (Lipinski definition) is 1. The maximum atomic E-state index is 12.9. The lowest BCUT2D eigenvalue weighted by Gasteiger charge is -2.37. The third-order valence-corrected chi connectivity index (χ3v) is 3.02. The standard InChI is InChI=1S/C10H20F2N2/c1-10(11,12)5-8-3-4-14(2)7-9(8)6-13/h8-9H,3-7,13H2,1-2H3. The summed E-state index contributed by atoms with van der Waals surface area (Å²) in [7, 11) is 2.02. The molecule has 0 bridgehead atoms. The Morgan fingerprint density at radius 3 is 2.57 bits per heavy atom. The summed E-state index contributed by atoms with van der Waals surface area (Å²) in [6.45, 7) is 3.29. The Morgan fingerprint density at radius 2 is 2.07 bits per heavy atom. The molecule has 1 saturated heterocycles. The maximum absolute atomic E-state index is 12.9. The molecular formula is C10H20F2N2. The summed E-state index contributed by atoms with van der Waals surface area (Å²) in [6, 6.07) is 0. The van der Waals surface area contributed by atoms with Crippen LogP contribution in [-0.2, 0) is 0 Å². The van der Waals surface area contributed by atoms with Crippen LogP contribution in [0.4, 0.5) is 8.78 Å². The Kier molecular flexibility index (Phi) is 3.84. The molecule has 1 fully saturated rings. The van der Waals surface area contributed by atoms with E-state index in [4.69, 9.17) is 5.73 Å². The van der Waals surface area contributed by atoms with Gasteiger partial charge in [0.1, 0.15) is 0 Å². The Bertz CT molecular complexity index is 179. The van der Waals surface area contributed by atoms with Crippen molar-refractivity contribution < 1.29 is 8.78 Å². The SMILES string of the molecule is CN1CCC(CC(C)(F)F)C(CN)C1. The Morgan fingerprint density at radius 1 is 1.43 bits per heavy atom. The van der Waals surface area contributed by atoms with E-state index in [0.29, 0.717) is 6.54 Å². The molecule has 0 radical (unpaired) electrons. The molecule has 2 N–H and O–H groups in total. The van der Waals surface area contributed by atoms with Gasteiger partial charge in [0.2, 0.25) is 5.92 Å². The maximum Gasteiger partial charge on any atom is 0.245 e. The first-order chi connectivity index (χ1) is 6.42. The van der Waals surface area contributed by atoms with Crippen LogP contribution in [0.5, 0.6) is 0 Å². The van der Waals surface area contributed by atoms with Crippen molar-refractivity contribution in [1.29, 1.82) is 0 Å². The average Bonchev–Trinajstić information content (AvgIpc) is 2.06. The number of likely N-dealkylation sites (tertiary alicyclic amines) is 1. The predicted molar refractivity (Wildman–Crippen MR) is 53.4 cm³/mol. The van der Waals surface area contributed by atoms with Crippen molar-refractivity contribution in [2.75, 3.05) is 26.7 Å². The van der Waals surface area contributed by atoms with Gasteiger partial charge in [-0.3, -0.25) is 0 Å². The highest BCUT2D eigenvalue weighted by atomic mass is 19.3. The van der Waals surface area contributed by atoms with E-state index in [9.17, 15) is 8.78 Å². The van der Waals surface area contributed by atoms with E-state index in [-0.39, 0.29) is 18.3 Å². The minimum atomic E-state index is -2.55. The van der Waals surface area contributed by atoms with Crippen LogP contribution in [0.25, 0.3) is 0 Å². The zero-order valence-corrected chi connectivity index (χ0v) is 8.97. The Labute approximate surface area is 84.4 Å². The number of nitrogens with zero attached hydrogens (tertiary/aromatic N) is 1. The second kappa shape index (κ2) is 4.53. The van der Waals surface area contributed by atoms with Crippen molar-refractivity contribution in [3.05, 3.63) is 0 Å². The first-order valence-corrected chi connectivity index (χ1v) is 5.19. The van der Waals surface area contributed by atoms with Gasteiger partial charge in [-0.1, -0.05) is 0 Å². The lowest BCUT2D eigenvalue weighted by atomic mass is 9.82. The Balaban J connectivity index is 2.50. The van der Waals surface area contributed by atoms with Crippen LogP contribution in [0.3, 0.4) is 0 Å². The second-order valence-corrected chi connectivity index (χ2v) is 4.58. The van der Waals surface area contributed by atoms with Crippen molar-refractivity contribution in [2.45, 2.75) is 25.7 Å². The zero-order valence-electron chi connectivity index (χ0n) is 8.97. The average molecular weight is 206 g/mol. The van der Waals surface area contributed by atoms with Gasteiger partial charge in [0, 0.05) is 13.0 Å². The zero-order chi connectivity index (χ0) is 10.8. The van der Waals surface area contributed by atoms with Gasteiger partial charge in [-0.25, -0.2) is 8.78 Å². The third kappa shape index (κ3) is 3.50. The summed E-state index contributed by atoms with van der Waals surface area (Å²) in [6.07, 6.45) is 0.838. The van der Waals surface area contributed by atoms with Crippen LogP contribution < -0.4 is 5.73 Å². The molecule has 84 valence electrons. The van der Waals surface area contributed by atoms with Crippen LogP contribution in [-0.4, -0.2) is 37.5 Å². The lowest BCUT2D eigenvalue weighted by molar-refractivity contribution is -0.0238. The summed E-state index contributed by atoms with van der Waals surface area (Å²) in [5.41, 5.74) is 5.60. The van der Waals surface area contributed by atoms with Crippen molar-refractivity contribution in [3.8, 4) is 0 Å². The fourth-order valence-corrected chi connectivity index (χ4v) is 2.26. The first-order valence-electron chi connectivity index (χ1n) is 5.19.